The van der Waals surface area contributed by atoms with E-state index in [1.54, 1.807) is 48.0 Å². The molecule has 0 aliphatic carbocycles. The van der Waals surface area contributed by atoms with E-state index < -0.39 is 11.9 Å². The van der Waals surface area contributed by atoms with Gasteiger partial charge in [0.15, 0.2) is 10.0 Å². The third-order valence-electron chi connectivity index (χ3n) is 3.57. The third-order valence-corrected chi connectivity index (χ3v) is 5.64. The minimum atomic E-state index is -4.71. The molecule has 5 nitrogen and oxygen atoms in total. The van der Waals surface area contributed by atoms with Gasteiger partial charge in [0.25, 0.3) is 0 Å². The first kappa shape index (κ1) is 20.5. The number of aromatic nitrogens is 2. The Labute approximate surface area is 172 Å². The van der Waals surface area contributed by atoms with Crippen molar-refractivity contribution in [1.82, 2.24) is 9.78 Å². The van der Waals surface area contributed by atoms with Crippen LogP contribution in [-0.2, 0) is 6.18 Å². The van der Waals surface area contributed by atoms with Crippen LogP contribution >= 0.6 is 35.3 Å². The van der Waals surface area contributed by atoms with Gasteiger partial charge >= 0.3 is 6.18 Å². The molecule has 0 amide bonds. The molecule has 0 aliphatic rings. The molecule has 1 aromatic carbocycles. The van der Waals surface area contributed by atoms with Gasteiger partial charge in [-0.15, -0.1) is 16.5 Å². The second-order valence-electron chi connectivity index (χ2n) is 5.30. The van der Waals surface area contributed by atoms with Gasteiger partial charge in [-0.25, -0.2) is 4.68 Å². The maximum absolute atomic E-state index is 13.8. The molecule has 0 bridgehead atoms. The Morgan fingerprint density at radius 3 is 2.46 bits per heavy atom. The van der Waals surface area contributed by atoms with Crippen molar-refractivity contribution in [3.05, 3.63) is 47.5 Å². The van der Waals surface area contributed by atoms with Gasteiger partial charge in [0.05, 0.1) is 17.7 Å². The molecule has 0 atom stereocenters. The lowest BCUT2D eigenvalue weighted by molar-refractivity contribution is -0.141. The Morgan fingerprint density at radius 1 is 1.21 bits per heavy atom. The summed E-state index contributed by atoms with van der Waals surface area (Å²) in [5, 5.41) is 13.7. The first-order valence-electron chi connectivity index (χ1n) is 7.73. The van der Waals surface area contributed by atoms with Crippen LogP contribution in [0.5, 0.6) is 5.75 Å². The summed E-state index contributed by atoms with van der Waals surface area (Å²) >= 11 is 7.32. The highest BCUT2D eigenvalue weighted by atomic mass is 32.2. The number of alkyl halides is 3. The average Bonchev–Trinajstić information content (AvgIpc) is 3.33. The van der Waals surface area contributed by atoms with Gasteiger partial charge in [0, 0.05) is 0 Å². The lowest BCUT2D eigenvalue weighted by Gasteiger charge is -2.10. The number of thiocarbonyl (C=S) groups is 1. The van der Waals surface area contributed by atoms with Gasteiger partial charge < -0.3 is 4.74 Å². The number of halogens is 3. The summed E-state index contributed by atoms with van der Waals surface area (Å²) in [6.45, 7) is 0. The van der Waals surface area contributed by atoms with E-state index in [0.717, 1.165) is 11.8 Å². The van der Waals surface area contributed by atoms with Crippen LogP contribution in [0.2, 0.25) is 0 Å². The number of rotatable bonds is 4. The van der Waals surface area contributed by atoms with Crippen molar-refractivity contribution in [3.8, 4) is 16.3 Å². The van der Waals surface area contributed by atoms with Crippen molar-refractivity contribution in [2.24, 2.45) is 10.2 Å². The number of azo groups is 1. The monoisotopic (exact) mass is 442 g/mol. The summed E-state index contributed by atoms with van der Waals surface area (Å²) < 4.78 is 47.3. The van der Waals surface area contributed by atoms with E-state index in [9.17, 15) is 13.2 Å². The molecule has 0 radical (unpaired) electrons. The number of hydrogen-bond acceptors (Lipinski definition) is 7. The predicted molar refractivity (Wildman–Crippen MR) is 109 cm³/mol. The SMILES string of the molecule is COc1ccc(N=Nc2c(-c3cccs3)nn(C(=S)SC)c2C(F)(F)F)cc1. The lowest BCUT2D eigenvalue weighted by Crippen LogP contribution is -2.18. The first-order chi connectivity index (χ1) is 13.3. The quantitative estimate of drug-likeness (QED) is 0.340. The van der Waals surface area contributed by atoms with Gasteiger partial charge in [-0.05, 0) is 42.0 Å². The van der Waals surface area contributed by atoms with Gasteiger partial charge in [0.2, 0.25) is 0 Å². The van der Waals surface area contributed by atoms with E-state index in [1.807, 2.05) is 0 Å². The van der Waals surface area contributed by atoms with Crippen molar-refractivity contribution in [3.63, 3.8) is 0 Å². The largest absolute Gasteiger partial charge is 0.497 e. The first-order valence-corrected chi connectivity index (χ1v) is 10.2. The van der Waals surface area contributed by atoms with Crippen LogP contribution in [0.25, 0.3) is 10.6 Å². The Hall–Kier alpha value is -2.24. The van der Waals surface area contributed by atoms with E-state index in [0.29, 0.717) is 21.0 Å². The van der Waals surface area contributed by atoms with Crippen LogP contribution in [0.1, 0.15) is 5.69 Å². The molecule has 0 spiro atoms. The van der Waals surface area contributed by atoms with Crippen LogP contribution in [0, 0.1) is 0 Å². The molecule has 11 heteroatoms. The predicted octanol–water partition coefficient (Wildman–Crippen LogP) is 6.55. The minimum Gasteiger partial charge on any atom is -0.497 e. The van der Waals surface area contributed by atoms with Crippen LogP contribution in [-0.4, -0.2) is 27.5 Å². The Balaban J connectivity index is 2.17. The molecule has 0 N–H and O–H groups in total. The minimum absolute atomic E-state index is 0.0315. The lowest BCUT2D eigenvalue weighted by atomic mass is 10.2. The number of thiophene rings is 1. The number of thioether (sulfide) groups is 1. The van der Waals surface area contributed by atoms with Crippen LogP contribution in [0.15, 0.2) is 52.0 Å². The summed E-state index contributed by atoms with van der Waals surface area (Å²) in [6.07, 6.45) is -3.12. The summed E-state index contributed by atoms with van der Waals surface area (Å²) in [5.74, 6) is 0.604. The summed E-state index contributed by atoms with van der Waals surface area (Å²) in [6, 6.07) is 9.88. The van der Waals surface area contributed by atoms with Gasteiger partial charge in [0.1, 0.15) is 17.1 Å². The second kappa shape index (κ2) is 8.41. The van der Waals surface area contributed by atoms with Crippen molar-refractivity contribution >= 4 is 51.0 Å². The maximum atomic E-state index is 13.8. The number of hydrogen-bond donors (Lipinski definition) is 0. The highest BCUT2D eigenvalue weighted by Gasteiger charge is 2.42. The van der Waals surface area contributed by atoms with E-state index >= 15 is 0 Å². The molecule has 0 saturated carbocycles. The van der Waals surface area contributed by atoms with E-state index in [4.69, 9.17) is 17.0 Å². The van der Waals surface area contributed by atoms with Crippen molar-refractivity contribution in [1.29, 1.82) is 0 Å². The van der Waals surface area contributed by atoms with Gasteiger partial charge in [-0.3, -0.25) is 0 Å². The zero-order valence-corrected chi connectivity index (χ0v) is 17.0. The van der Waals surface area contributed by atoms with Crippen molar-refractivity contribution < 1.29 is 17.9 Å². The highest BCUT2D eigenvalue weighted by molar-refractivity contribution is 8.22. The molecule has 2 aromatic heterocycles. The molecule has 0 unspecified atom stereocenters. The summed E-state index contributed by atoms with van der Waals surface area (Å²) in [7, 11) is 1.52. The molecular weight excluding hydrogens is 429 g/mol. The fourth-order valence-electron chi connectivity index (χ4n) is 2.31. The average molecular weight is 443 g/mol. The highest BCUT2D eigenvalue weighted by Crippen LogP contribution is 2.44. The van der Waals surface area contributed by atoms with Crippen LogP contribution in [0.3, 0.4) is 0 Å². The number of benzene rings is 1. The molecule has 0 fully saturated rings. The zero-order valence-electron chi connectivity index (χ0n) is 14.6. The summed E-state index contributed by atoms with van der Waals surface area (Å²) in [4.78, 5) is 0.539. The Morgan fingerprint density at radius 2 is 1.93 bits per heavy atom. The maximum Gasteiger partial charge on any atom is 0.435 e. The van der Waals surface area contributed by atoms with Crippen LogP contribution < -0.4 is 4.74 Å². The van der Waals surface area contributed by atoms with Crippen molar-refractivity contribution in [2.45, 2.75) is 6.18 Å². The fraction of sp³-hybridized carbons (Fsp3) is 0.176. The topological polar surface area (TPSA) is 51.8 Å². The summed E-state index contributed by atoms with van der Waals surface area (Å²) in [5.41, 5.74) is -0.961. The van der Waals surface area contributed by atoms with Gasteiger partial charge in [-0.2, -0.15) is 23.4 Å². The van der Waals surface area contributed by atoms with E-state index in [1.165, 1.54) is 18.4 Å². The Kier molecular flexibility index (Phi) is 6.16. The number of nitrogens with zero attached hydrogens (tertiary/aromatic N) is 4. The molecule has 146 valence electrons. The van der Waals surface area contributed by atoms with Crippen LogP contribution in [0.4, 0.5) is 24.5 Å². The molecule has 2 heterocycles. The molecule has 0 saturated heterocycles. The van der Waals surface area contributed by atoms with Crippen molar-refractivity contribution in [2.75, 3.05) is 13.4 Å². The molecule has 28 heavy (non-hydrogen) atoms. The fourth-order valence-corrected chi connectivity index (χ4v) is 3.46. The molecule has 3 rings (SSSR count). The third kappa shape index (κ3) is 4.26. The zero-order chi connectivity index (χ0) is 20.3. The number of ether oxygens (including phenoxy) is 1. The molecular formula is C17H13F3N4OS3. The molecule has 0 aliphatic heterocycles. The van der Waals surface area contributed by atoms with Gasteiger partial charge in [-0.1, -0.05) is 30.0 Å². The molecule has 3 aromatic rings. The smallest absolute Gasteiger partial charge is 0.435 e. The van der Waals surface area contributed by atoms with E-state index in [-0.39, 0.29) is 15.7 Å². The van der Waals surface area contributed by atoms with E-state index in [2.05, 4.69) is 15.3 Å². The second-order valence-corrected chi connectivity index (χ2v) is 7.69. The number of methoxy groups -OCH3 is 1. The standard InChI is InChI=1S/C17H13F3N4OS3/c1-25-11-7-5-10(6-8-11)21-22-14-13(12-4-3-9-28-12)23-24(16(26)27-2)15(14)17(18,19)20/h3-9H,1-2H3. The normalized spacial score (nSPS) is 11.9. The Bertz CT molecular complexity index is 996.